The summed E-state index contributed by atoms with van der Waals surface area (Å²) in [5, 5.41) is 0. The van der Waals surface area contributed by atoms with Gasteiger partial charge in [0.15, 0.2) is 0 Å². The number of aryl methyl sites for hydroxylation is 1. The number of unbranched alkanes of at least 4 members (excludes halogenated alkanes) is 1. The van der Waals surface area contributed by atoms with E-state index in [0.717, 1.165) is 19.4 Å². The van der Waals surface area contributed by atoms with Crippen LogP contribution in [0.2, 0.25) is 0 Å². The summed E-state index contributed by atoms with van der Waals surface area (Å²) in [6.07, 6.45) is 4.66. The third kappa shape index (κ3) is 2.63. The summed E-state index contributed by atoms with van der Waals surface area (Å²) in [5.41, 5.74) is 10.2. The molecule has 0 aliphatic carbocycles. The maximum absolute atomic E-state index is 6.12. The molecule has 0 amide bonds. The van der Waals surface area contributed by atoms with Crippen molar-refractivity contribution in [3.8, 4) is 0 Å². The largest absolute Gasteiger partial charge is 0.379 e. The zero-order valence-corrected chi connectivity index (χ0v) is 10.0. The van der Waals surface area contributed by atoms with E-state index in [2.05, 4.69) is 25.1 Å². The second-order valence-corrected chi connectivity index (χ2v) is 4.57. The molecule has 2 nitrogen and oxygen atoms in total. The van der Waals surface area contributed by atoms with Gasteiger partial charge in [0, 0.05) is 0 Å². The lowest BCUT2D eigenvalue weighted by Crippen LogP contribution is -2.16. The fourth-order valence-electron chi connectivity index (χ4n) is 2.24. The normalized spacial score (nSPS) is 20.2. The van der Waals surface area contributed by atoms with Gasteiger partial charge in [0.05, 0.1) is 19.3 Å². The van der Waals surface area contributed by atoms with Gasteiger partial charge < -0.3 is 10.5 Å². The van der Waals surface area contributed by atoms with Gasteiger partial charge in [-0.25, -0.2) is 0 Å². The van der Waals surface area contributed by atoms with Crippen molar-refractivity contribution in [2.45, 2.75) is 38.6 Å². The molecule has 88 valence electrons. The first-order chi connectivity index (χ1) is 7.81. The molecule has 1 aliphatic heterocycles. The standard InChI is InChI=1S/C14H21NO/c1-2-3-4-11-5-6-12-7-8-16-10-14(15)13(12)9-11/h5-6,9,14H,2-4,7-8,10,15H2,1H3. The van der Waals surface area contributed by atoms with Crippen LogP contribution in [0.1, 0.15) is 42.5 Å². The minimum atomic E-state index is 0.0547. The lowest BCUT2D eigenvalue weighted by atomic mass is 9.95. The molecule has 2 N–H and O–H groups in total. The Bertz CT molecular complexity index is 349. The molecule has 0 saturated carbocycles. The molecule has 2 rings (SSSR count). The van der Waals surface area contributed by atoms with E-state index in [4.69, 9.17) is 10.5 Å². The molecule has 1 aromatic rings. The first kappa shape index (κ1) is 11.6. The van der Waals surface area contributed by atoms with Gasteiger partial charge in [0.2, 0.25) is 0 Å². The van der Waals surface area contributed by atoms with Crippen LogP contribution in [0.5, 0.6) is 0 Å². The minimum Gasteiger partial charge on any atom is -0.379 e. The zero-order chi connectivity index (χ0) is 11.4. The molecule has 0 aromatic heterocycles. The number of hydrogen-bond acceptors (Lipinski definition) is 2. The summed E-state index contributed by atoms with van der Waals surface area (Å²) in [7, 11) is 0. The van der Waals surface area contributed by atoms with E-state index in [-0.39, 0.29) is 6.04 Å². The Balaban J connectivity index is 2.21. The van der Waals surface area contributed by atoms with Crippen molar-refractivity contribution in [3.63, 3.8) is 0 Å². The summed E-state index contributed by atoms with van der Waals surface area (Å²) in [4.78, 5) is 0. The number of hydrogen-bond donors (Lipinski definition) is 1. The minimum absolute atomic E-state index is 0.0547. The summed E-state index contributed by atoms with van der Waals surface area (Å²) in [6.45, 7) is 3.68. The smallest absolute Gasteiger partial charge is 0.0659 e. The SMILES string of the molecule is CCCCc1ccc2c(c1)C(N)COCC2. The topological polar surface area (TPSA) is 35.2 Å². The lowest BCUT2D eigenvalue weighted by molar-refractivity contribution is 0.131. The van der Waals surface area contributed by atoms with Gasteiger partial charge in [-0.1, -0.05) is 31.5 Å². The molecule has 1 heterocycles. The van der Waals surface area contributed by atoms with Crippen molar-refractivity contribution in [2.24, 2.45) is 5.73 Å². The van der Waals surface area contributed by atoms with Gasteiger partial charge in [-0.2, -0.15) is 0 Å². The van der Waals surface area contributed by atoms with Crippen molar-refractivity contribution in [1.82, 2.24) is 0 Å². The summed E-state index contributed by atoms with van der Waals surface area (Å²) in [6, 6.07) is 6.81. The average molecular weight is 219 g/mol. The lowest BCUT2D eigenvalue weighted by Gasteiger charge is -2.13. The van der Waals surface area contributed by atoms with Crippen molar-refractivity contribution < 1.29 is 4.74 Å². The molecule has 0 fully saturated rings. The highest BCUT2D eigenvalue weighted by atomic mass is 16.5. The van der Waals surface area contributed by atoms with Crippen LogP contribution < -0.4 is 5.73 Å². The predicted octanol–water partition coefficient (Wildman–Crippen LogP) is 2.60. The second kappa shape index (κ2) is 5.46. The van der Waals surface area contributed by atoms with E-state index in [9.17, 15) is 0 Å². The molecule has 0 radical (unpaired) electrons. The highest BCUT2D eigenvalue weighted by Gasteiger charge is 2.15. The van der Waals surface area contributed by atoms with Crippen molar-refractivity contribution in [1.29, 1.82) is 0 Å². The van der Waals surface area contributed by atoms with Crippen LogP contribution in [-0.4, -0.2) is 13.2 Å². The van der Waals surface area contributed by atoms with Crippen LogP contribution in [0.4, 0.5) is 0 Å². The number of fused-ring (bicyclic) bond motifs is 1. The van der Waals surface area contributed by atoms with Gasteiger partial charge in [-0.15, -0.1) is 0 Å². The first-order valence-electron chi connectivity index (χ1n) is 6.26. The third-order valence-corrected chi connectivity index (χ3v) is 3.24. The monoisotopic (exact) mass is 219 g/mol. The average Bonchev–Trinajstić information content (AvgIpc) is 2.49. The number of benzene rings is 1. The fraction of sp³-hybridized carbons (Fsp3) is 0.571. The Morgan fingerprint density at radius 2 is 2.31 bits per heavy atom. The highest BCUT2D eigenvalue weighted by molar-refractivity contribution is 5.35. The predicted molar refractivity (Wildman–Crippen MR) is 66.5 cm³/mol. The van der Waals surface area contributed by atoms with Gasteiger partial charge in [0.1, 0.15) is 0 Å². The van der Waals surface area contributed by atoms with Crippen LogP contribution in [0.3, 0.4) is 0 Å². The summed E-state index contributed by atoms with van der Waals surface area (Å²) in [5.74, 6) is 0. The molecule has 0 saturated heterocycles. The van der Waals surface area contributed by atoms with Crippen LogP contribution in [-0.2, 0) is 17.6 Å². The van der Waals surface area contributed by atoms with E-state index >= 15 is 0 Å². The number of rotatable bonds is 3. The molecular weight excluding hydrogens is 198 g/mol. The second-order valence-electron chi connectivity index (χ2n) is 4.57. The molecule has 1 unspecified atom stereocenters. The number of nitrogens with two attached hydrogens (primary N) is 1. The Labute approximate surface area is 97.8 Å². The van der Waals surface area contributed by atoms with Crippen LogP contribution >= 0.6 is 0 Å². The summed E-state index contributed by atoms with van der Waals surface area (Å²) < 4.78 is 5.49. The Kier molecular flexibility index (Phi) is 3.97. The molecule has 16 heavy (non-hydrogen) atoms. The van der Waals surface area contributed by atoms with Crippen LogP contribution in [0.15, 0.2) is 18.2 Å². The van der Waals surface area contributed by atoms with E-state index in [1.807, 2.05) is 0 Å². The Morgan fingerprint density at radius 1 is 1.44 bits per heavy atom. The molecule has 1 atom stereocenters. The Hall–Kier alpha value is -0.860. The quantitative estimate of drug-likeness (QED) is 0.848. The van der Waals surface area contributed by atoms with E-state index in [0.29, 0.717) is 6.61 Å². The van der Waals surface area contributed by atoms with E-state index < -0.39 is 0 Å². The van der Waals surface area contributed by atoms with Gasteiger partial charge in [-0.05, 0) is 36.0 Å². The molecule has 0 spiro atoms. The van der Waals surface area contributed by atoms with E-state index in [1.165, 1.54) is 29.5 Å². The molecular formula is C14H21NO. The Morgan fingerprint density at radius 3 is 3.12 bits per heavy atom. The van der Waals surface area contributed by atoms with Crippen LogP contribution in [0.25, 0.3) is 0 Å². The maximum Gasteiger partial charge on any atom is 0.0659 e. The van der Waals surface area contributed by atoms with Gasteiger partial charge in [-0.3, -0.25) is 0 Å². The molecule has 1 aromatic carbocycles. The maximum atomic E-state index is 6.12. The van der Waals surface area contributed by atoms with Crippen LogP contribution in [0, 0.1) is 0 Å². The molecule has 0 bridgehead atoms. The first-order valence-corrected chi connectivity index (χ1v) is 6.26. The third-order valence-electron chi connectivity index (χ3n) is 3.24. The zero-order valence-electron chi connectivity index (χ0n) is 10.0. The van der Waals surface area contributed by atoms with Crippen molar-refractivity contribution in [2.75, 3.05) is 13.2 Å². The van der Waals surface area contributed by atoms with Crippen molar-refractivity contribution >= 4 is 0 Å². The number of ether oxygens (including phenoxy) is 1. The van der Waals surface area contributed by atoms with Gasteiger partial charge >= 0.3 is 0 Å². The molecule has 2 heteroatoms. The fourth-order valence-corrected chi connectivity index (χ4v) is 2.24. The molecule has 1 aliphatic rings. The van der Waals surface area contributed by atoms with E-state index in [1.54, 1.807) is 0 Å². The van der Waals surface area contributed by atoms with Crippen molar-refractivity contribution in [3.05, 3.63) is 34.9 Å². The van der Waals surface area contributed by atoms with Gasteiger partial charge in [0.25, 0.3) is 0 Å². The summed E-state index contributed by atoms with van der Waals surface area (Å²) >= 11 is 0. The highest BCUT2D eigenvalue weighted by Crippen LogP contribution is 2.23.